The monoisotopic (exact) mass is 664 g/mol. The second-order valence-corrected chi connectivity index (χ2v) is 14.0. The predicted molar refractivity (Wildman–Crippen MR) is 206 cm³/mol. The Kier molecular flexibility index (Phi) is 5.34. The van der Waals surface area contributed by atoms with Crippen LogP contribution in [0.1, 0.15) is 44.8 Å². The molecule has 0 N–H and O–H groups in total. The topological polar surface area (TPSA) is 52.1 Å². The number of hydrogen-bond donors (Lipinski definition) is 0. The van der Waals surface area contributed by atoms with Crippen molar-refractivity contribution >= 4 is 44.0 Å². The summed E-state index contributed by atoms with van der Waals surface area (Å²) in [4.78, 5) is 11.2. The summed E-state index contributed by atoms with van der Waals surface area (Å²) in [5.74, 6) is 0.687. The summed E-state index contributed by atoms with van der Waals surface area (Å²) in [6.45, 7) is 0. The Morgan fingerprint density at radius 1 is 0.385 bits per heavy atom. The van der Waals surface area contributed by atoms with Crippen LogP contribution >= 0.6 is 0 Å². The van der Waals surface area contributed by atoms with Crippen molar-refractivity contribution in [3.05, 3.63) is 215 Å². The molecule has 3 aliphatic carbocycles. The third-order valence-electron chi connectivity index (χ3n) is 11.6. The Hall–Kier alpha value is -6.78. The molecule has 7 aromatic carbocycles. The van der Waals surface area contributed by atoms with Crippen LogP contribution < -0.4 is 0 Å². The molecule has 242 valence electrons. The van der Waals surface area contributed by atoms with Crippen LogP contribution in [0.15, 0.2) is 179 Å². The van der Waals surface area contributed by atoms with Crippen molar-refractivity contribution in [2.45, 2.75) is 10.8 Å². The van der Waals surface area contributed by atoms with E-state index < -0.39 is 10.8 Å². The Bertz CT molecular complexity index is 2980. The van der Waals surface area contributed by atoms with Gasteiger partial charge in [-0.25, -0.2) is 4.98 Å². The Balaban J connectivity index is 1.24. The standard InChI is InChI=1S/C48H28N2O2/c1-2-14-30(15-3-1)47-34-18-6-9-21-37(34)48(38-22-10-7-19-35(38)47,39-23-11-8-20-36(39)47)46-49-44(43-33-17-5-13-25-41(33)52-45(43)50-46)29-26-27-32-31-16-4-12-24-40(31)51-42(32)28-29/h1-28H. The van der Waals surface area contributed by atoms with Crippen molar-refractivity contribution in [3.63, 3.8) is 0 Å². The highest BCUT2D eigenvalue weighted by molar-refractivity contribution is 6.12. The van der Waals surface area contributed by atoms with Gasteiger partial charge in [0.05, 0.1) is 16.5 Å². The molecule has 13 rings (SSSR count). The molecule has 0 radical (unpaired) electrons. The first-order chi connectivity index (χ1) is 25.8. The molecule has 4 nitrogen and oxygen atoms in total. The third-order valence-corrected chi connectivity index (χ3v) is 11.6. The lowest BCUT2D eigenvalue weighted by Crippen LogP contribution is -2.52. The number of rotatable bonds is 3. The van der Waals surface area contributed by atoms with Crippen LogP contribution in [0.4, 0.5) is 0 Å². The fourth-order valence-electron chi connectivity index (χ4n) is 9.67. The van der Waals surface area contributed by atoms with E-state index in [0.717, 1.165) is 49.6 Å². The van der Waals surface area contributed by atoms with Gasteiger partial charge in [0.25, 0.3) is 0 Å². The van der Waals surface area contributed by atoms with E-state index in [1.807, 2.05) is 30.3 Å². The van der Waals surface area contributed by atoms with Crippen LogP contribution in [0.2, 0.25) is 0 Å². The molecule has 3 aromatic heterocycles. The summed E-state index contributed by atoms with van der Waals surface area (Å²) in [7, 11) is 0. The lowest BCUT2D eigenvalue weighted by atomic mass is 9.45. The SMILES string of the molecule is c1ccc(C23c4ccccc4C(c4nc(-c5ccc6c(c5)oc5ccccc56)c5c(n4)oc4ccccc45)(c4ccccc42)c2ccccc23)cc1. The molecule has 3 heterocycles. The first kappa shape index (κ1) is 28.0. The highest BCUT2D eigenvalue weighted by atomic mass is 16.3. The number of aromatic nitrogens is 2. The minimum absolute atomic E-state index is 0.509. The van der Waals surface area contributed by atoms with Crippen molar-refractivity contribution in [3.8, 4) is 11.3 Å². The number of hydrogen-bond acceptors (Lipinski definition) is 4. The maximum Gasteiger partial charge on any atom is 0.231 e. The van der Waals surface area contributed by atoms with Gasteiger partial charge in [0.1, 0.15) is 22.2 Å². The van der Waals surface area contributed by atoms with Gasteiger partial charge in [-0.3, -0.25) is 0 Å². The van der Waals surface area contributed by atoms with E-state index in [4.69, 9.17) is 18.8 Å². The van der Waals surface area contributed by atoms with Gasteiger partial charge in [0.15, 0.2) is 5.82 Å². The van der Waals surface area contributed by atoms with Gasteiger partial charge in [-0.05, 0) is 63.2 Å². The number of benzene rings is 7. The minimum atomic E-state index is -0.814. The summed E-state index contributed by atoms with van der Waals surface area (Å²) >= 11 is 0. The highest BCUT2D eigenvalue weighted by Gasteiger charge is 2.61. The molecule has 0 saturated carbocycles. The first-order valence-corrected chi connectivity index (χ1v) is 17.7. The Morgan fingerprint density at radius 2 is 0.885 bits per heavy atom. The van der Waals surface area contributed by atoms with Crippen molar-refractivity contribution in [1.82, 2.24) is 9.97 Å². The zero-order chi connectivity index (χ0) is 34.0. The average Bonchev–Trinajstić information content (AvgIpc) is 3.78. The number of furan rings is 2. The molecule has 10 aromatic rings. The fourth-order valence-corrected chi connectivity index (χ4v) is 9.67. The van der Waals surface area contributed by atoms with Crippen molar-refractivity contribution in [2.24, 2.45) is 0 Å². The summed E-state index contributed by atoms with van der Waals surface area (Å²) in [5, 5.41) is 4.06. The molecular weight excluding hydrogens is 637 g/mol. The van der Waals surface area contributed by atoms with Gasteiger partial charge in [-0.2, -0.15) is 4.98 Å². The van der Waals surface area contributed by atoms with Crippen molar-refractivity contribution in [1.29, 1.82) is 0 Å². The normalized spacial score (nSPS) is 18.5. The second-order valence-electron chi connectivity index (χ2n) is 14.0. The zero-order valence-electron chi connectivity index (χ0n) is 27.9. The maximum atomic E-state index is 6.66. The highest BCUT2D eigenvalue weighted by Crippen LogP contribution is 2.65. The summed E-state index contributed by atoms with van der Waals surface area (Å²) in [6.07, 6.45) is 0. The smallest absolute Gasteiger partial charge is 0.231 e. The third kappa shape index (κ3) is 3.28. The molecule has 52 heavy (non-hydrogen) atoms. The molecule has 0 fully saturated rings. The molecule has 0 spiro atoms. The van der Waals surface area contributed by atoms with E-state index in [0.29, 0.717) is 11.5 Å². The van der Waals surface area contributed by atoms with Crippen LogP contribution in [-0.2, 0) is 10.8 Å². The van der Waals surface area contributed by atoms with Crippen molar-refractivity contribution < 1.29 is 8.83 Å². The lowest BCUT2D eigenvalue weighted by molar-refractivity contribution is 0.533. The number of fused-ring (bicyclic) bond motifs is 6. The lowest BCUT2D eigenvalue weighted by Gasteiger charge is -2.56. The van der Waals surface area contributed by atoms with Gasteiger partial charge in [0, 0.05) is 21.7 Å². The van der Waals surface area contributed by atoms with Crippen LogP contribution in [0.5, 0.6) is 0 Å². The van der Waals surface area contributed by atoms with E-state index in [1.165, 1.54) is 38.9 Å². The predicted octanol–water partition coefficient (Wildman–Crippen LogP) is 11.3. The van der Waals surface area contributed by atoms with Gasteiger partial charge in [0.2, 0.25) is 5.71 Å². The van der Waals surface area contributed by atoms with E-state index >= 15 is 0 Å². The van der Waals surface area contributed by atoms with E-state index in [-0.39, 0.29) is 0 Å². The van der Waals surface area contributed by atoms with E-state index in [1.54, 1.807) is 0 Å². The molecule has 3 aliphatic rings. The molecule has 0 amide bonds. The van der Waals surface area contributed by atoms with Gasteiger partial charge in [-0.1, -0.05) is 146 Å². The zero-order valence-corrected chi connectivity index (χ0v) is 27.9. The number of para-hydroxylation sites is 2. The summed E-state index contributed by atoms with van der Waals surface area (Å²) < 4.78 is 13.1. The first-order valence-electron chi connectivity index (χ1n) is 17.7. The Morgan fingerprint density at radius 3 is 1.52 bits per heavy atom. The van der Waals surface area contributed by atoms with Crippen LogP contribution in [0.25, 0.3) is 55.3 Å². The molecular formula is C48H28N2O2. The molecule has 0 unspecified atom stereocenters. The minimum Gasteiger partial charge on any atom is -0.456 e. The van der Waals surface area contributed by atoms with E-state index in [2.05, 4.69) is 140 Å². The largest absolute Gasteiger partial charge is 0.456 e. The quantitative estimate of drug-likeness (QED) is 0.189. The van der Waals surface area contributed by atoms with Crippen LogP contribution in [0, 0.1) is 0 Å². The molecule has 2 bridgehead atoms. The maximum absolute atomic E-state index is 6.66. The Labute approximate surface area is 298 Å². The average molecular weight is 665 g/mol. The second kappa shape index (κ2) is 9.93. The van der Waals surface area contributed by atoms with E-state index in [9.17, 15) is 0 Å². The molecule has 0 aliphatic heterocycles. The number of nitrogens with zero attached hydrogens (tertiary/aromatic N) is 2. The summed E-state index contributed by atoms with van der Waals surface area (Å²) in [5.41, 5.74) is 12.0. The molecule has 0 saturated heterocycles. The molecule has 0 atom stereocenters. The van der Waals surface area contributed by atoms with Gasteiger partial charge in [-0.15, -0.1) is 0 Å². The van der Waals surface area contributed by atoms with Crippen LogP contribution in [0.3, 0.4) is 0 Å². The molecule has 4 heteroatoms. The van der Waals surface area contributed by atoms with Gasteiger partial charge < -0.3 is 8.83 Å². The fraction of sp³-hybridized carbons (Fsp3) is 0.0417. The van der Waals surface area contributed by atoms with Crippen LogP contribution in [-0.4, -0.2) is 9.97 Å². The summed E-state index contributed by atoms with van der Waals surface area (Å²) in [6, 6.07) is 60.5. The van der Waals surface area contributed by atoms with Gasteiger partial charge >= 0.3 is 0 Å². The van der Waals surface area contributed by atoms with Crippen molar-refractivity contribution in [2.75, 3.05) is 0 Å².